The summed E-state index contributed by atoms with van der Waals surface area (Å²) in [6.45, 7) is 1.55. The number of likely N-dealkylation sites (tertiary alicyclic amines) is 1. The Bertz CT molecular complexity index is 663. The standard InChI is InChI=1S/C19H25N3O/c20-12-10-16-5-3-4-14-22(16)19(23)9-8-15-11-13-21-18-7-2-1-6-17(15)18/h1-2,6-7,11,13,16H,3-5,8-10,12,14,20H2. The van der Waals surface area contributed by atoms with Crippen molar-refractivity contribution in [2.45, 2.75) is 44.6 Å². The van der Waals surface area contributed by atoms with Crippen molar-refractivity contribution in [2.24, 2.45) is 5.73 Å². The smallest absolute Gasteiger partial charge is 0.223 e. The van der Waals surface area contributed by atoms with Gasteiger partial charge in [-0.05, 0) is 56.3 Å². The van der Waals surface area contributed by atoms with Crippen LogP contribution in [0.5, 0.6) is 0 Å². The van der Waals surface area contributed by atoms with E-state index < -0.39 is 0 Å². The minimum Gasteiger partial charge on any atom is -0.340 e. The molecule has 1 unspecified atom stereocenters. The molecule has 0 radical (unpaired) electrons. The van der Waals surface area contributed by atoms with Crippen LogP contribution >= 0.6 is 0 Å². The van der Waals surface area contributed by atoms with Crippen LogP contribution in [0, 0.1) is 0 Å². The number of aryl methyl sites for hydroxylation is 1. The number of nitrogens with two attached hydrogens (primary N) is 1. The van der Waals surface area contributed by atoms with E-state index in [-0.39, 0.29) is 5.91 Å². The van der Waals surface area contributed by atoms with Gasteiger partial charge >= 0.3 is 0 Å². The number of benzene rings is 1. The number of hydrogen-bond donors (Lipinski definition) is 1. The zero-order valence-corrected chi connectivity index (χ0v) is 13.6. The van der Waals surface area contributed by atoms with Crippen LogP contribution in [-0.2, 0) is 11.2 Å². The van der Waals surface area contributed by atoms with Crippen molar-refractivity contribution in [1.29, 1.82) is 0 Å². The van der Waals surface area contributed by atoms with Crippen molar-refractivity contribution in [3.63, 3.8) is 0 Å². The van der Waals surface area contributed by atoms with Gasteiger partial charge in [-0.2, -0.15) is 0 Å². The van der Waals surface area contributed by atoms with Crippen LogP contribution in [0.15, 0.2) is 36.5 Å². The lowest BCUT2D eigenvalue weighted by Gasteiger charge is -2.36. The Morgan fingerprint density at radius 3 is 3.00 bits per heavy atom. The molecular weight excluding hydrogens is 286 g/mol. The molecular formula is C19H25N3O. The van der Waals surface area contributed by atoms with Crippen LogP contribution in [0.3, 0.4) is 0 Å². The Labute approximate surface area is 137 Å². The van der Waals surface area contributed by atoms with Gasteiger partial charge in [0.1, 0.15) is 0 Å². The maximum atomic E-state index is 12.7. The van der Waals surface area contributed by atoms with Gasteiger partial charge in [-0.25, -0.2) is 0 Å². The van der Waals surface area contributed by atoms with E-state index in [1.807, 2.05) is 30.5 Å². The van der Waals surface area contributed by atoms with E-state index in [0.717, 1.165) is 43.1 Å². The molecule has 0 spiro atoms. The average Bonchev–Trinajstić information content (AvgIpc) is 2.60. The van der Waals surface area contributed by atoms with E-state index in [0.29, 0.717) is 19.0 Å². The third-order valence-corrected chi connectivity index (χ3v) is 4.79. The normalized spacial score (nSPS) is 18.3. The molecule has 2 aromatic rings. The fourth-order valence-corrected chi connectivity index (χ4v) is 3.58. The zero-order valence-electron chi connectivity index (χ0n) is 13.6. The van der Waals surface area contributed by atoms with Gasteiger partial charge in [-0.15, -0.1) is 0 Å². The number of carbonyl (C=O) groups excluding carboxylic acids is 1. The molecule has 3 rings (SSSR count). The van der Waals surface area contributed by atoms with E-state index in [4.69, 9.17) is 5.73 Å². The van der Waals surface area contributed by atoms with E-state index in [9.17, 15) is 4.79 Å². The Morgan fingerprint density at radius 2 is 2.13 bits per heavy atom. The molecule has 1 amide bonds. The highest BCUT2D eigenvalue weighted by molar-refractivity contribution is 5.83. The topological polar surface area (TPSA) is 59.2 Å². The SMILES string of the molecule is NCCC1CCCCN1C(=O)CCc1ccnc2ccccc12. The second-order valence-electron chi connectivity index (χ2n) is 6.30. The van der Waals surface area contributed by atoms with Crippen LogP contribution in [-0.4, -0.2) is 34.9 Å². The predicted octanol–water partition coefficient (Wildman–Crippen LogP) is 2.90. The number of piperidine rings is 1. The number of amides is 1. The van der Waals surface area contributed by atoms with Gasteiger partial charge in [-0.1, -0.05) is 18.2 Å². The number of nitrogens with zero attached hydrogens (tertiary/aromatic N) is 2. The second kappa shape index (κ2) is 7.55. The lowest BCUT2D eigenvalue weighted by molar-refractivity contribution is -0.134. The minimum atomic E-state index is 0.268. The van der Waals surface area contributed by atoms with Crippen molar-refractivity contribution in [2.75, 3.05) is 13.1 Å². The molecule has 1 fully saturated rings. The van der Waals surface area contributed by atoms with Crippen molar-refractivity contribution in [1.82, 2.24) is 9.88 Å². The Hall–Kier alpha value is -1.94. The number of fused-ring (bicyclic) bond motifs is 1. The molecule has 1 atom stereocenters. The molecule has 2 heterocycles. The number of carbonyl (C=O) groups is 1. The molecule has 0 aliphatic carbocycles. The molecule has 4 nitrogen and oxygen atoms in total. The number of rotatable bonds is 5. The summed E-state index contributed by atoms with van der Waals surface area (Å²) in [4.78, 5) is 19.1. The minimum absolute atomic E-state index is 0.268. The largest absolute Gasteiger partial charge is 0.340 e. The molecule has 23 heavy (non-hydrogen) atoms. The van der Waals surface area contributed by atoms with Crippen molar-refractivity contribution < 1.29 is 4.79 Å². The summed E-state index contributed by atoms with van der Waals surface area (Å²) in [7, 11) is 0. The van der Waals surface area contributed by atoms with Crippen molar-refractivity contribution >= 4 is 16.8 Å². The molecule has 1 aromatic heterocycles. The zero-order chi connectivity index (χ0) is 16.1. The highest BCUT2D eigenvalue weighted by Gasteiger charge is 2.25. The van der Waals surface area contributed by atoms with Gasteiger partial charge in [0.15, 0.2) is 0 Å². The lowest BCUT2D eigenvalue weighted by Crippen LogP contribution is -2.44. The summed E-state index contributed by atoms with van der Waals surface area (Å²) in [6.07, 6.45) is 7.52. The monoisotopic (exact) mass is 311 g/mol. The maximum absolute atomic E-state index is 12.7. The van der Waals surface area contributed by atoms with Crippen LogP contribution in [0.1, 0.15) is 37.7 Å². The highest BCUT2D eigenvalue weighted by atomic mass is 16.2. The van der Waals surface area contributed by atoms with Crippen LogP contribution in [0.4, 0.5) is 0 Å². The fourth-order valence-electron chi connectivity index (χ4n) is 3.58. The third kappa shape index (κ3) is 3.70. The highest BCUT2D eigenvalue weighted by Crippen LogP contribution is 2.22. The summed E-state index contributed by atoms with van der Waals surface area (Å²) < 4.78 is 0. The fraction of sp³-hybridized carbons (Fsp3) is 0.474. The average molecular weight is 311 g/mol. The van der Waals surface area contributed by atoms with E-state index >= 15 is 0 Å². The molecule has 0 saturated carbocycles. The number of pyridine rings is 1. The van der Waals surface area contributed by atoms with Crippen LogP contribution in [0.25, 0.3) is 10.9 Å². The van der Waals surface area contributed by atoms with Gasteiger partial charge in [0.05, 0.1) is 5.52 Å². The molecule has 1 aromatic carbocycles. The quantitative estimate of drug-likeness (QED) is 0.923. The molecule has 4 heteroatoms. The van der Waals surface area contributed by atoms with E-state index in [2.05, 4.69) is 16.0 Å². The third-order valence-electron chi connectivity index (χ3n) is 4.79. The molecule has 1 aliphatic rings. The molecule has 0 bridgehead atoms. The van der Waals surface area contributed by atoms with Gasteiger partial charge in [0.25, 0.3) is 0 Å². The Balaban J connectivity index is 1.68. The molecule has 1 aliphatic heterocycles. The number of hydrogen-bond acceptors (Lipinski definition) is 3. The first kappa shape index (κ1) is 15.9. The van der Waals surface area contributed by atoms with Gasteiger partial charge in [0.2, 0.25) is 5.91 Å². The van der Waals surface area contributed by atoms with E-state index in [1.165, 1.54) is 12.0 Å². The number of para-hydroxylation sites is 1. The predicted molar refractivity (Wildman–Crippen MR) is 93.1 cm³/mol. The summed E-state index contributed by atoms with van der Waals surface area (Å²) in [5.74, 6) is 0.268. The van der Waals surface area contributed by atoms with Crippen molar-refractivity contribution in [3.8, 4) is 0 Å². The molecule has 122 valence electrons. The first-order chi connectivity index (χ1) is 11.3. The summed E-state index contributed by atoms with van der Waals surface area (Å²) in [5, 5.41) is 1.15. The summed E-state index contributed by atoms with van der Waals surface area (Å²) in [6, 6.07) is 10.5. The lowest BCUT2D eigenvalue weighted by atomic mass is 9.98. The first-order valence-electron chi connectivity index (χ1n) is 8.62. The van der Waals surface area contributed by atoms with Crippen LogP contribution < -0.4 is 5.73 Å². The summed E-state index contributed by atoms with van der Waals surface area (Å²) >= 11 is 0. The van der Waals surface area contributed by atoms with Gasteiger partial charge in [-0.3, -0.25) is 9.78 Å². The van der Waals surface area contributed by atoms with Gasteiger partial charge in [0, 0.05) is 30.6 Å². The first-order valence-corrected chi connectivity index (χ1v) is 8.62. The molecule has 1 saturated heterocycles. The Morgan fingerprint density at radius 1 is 1.26 bits per heavy atom. The van der Waals surface area contributed by atoms with Gasteiger partial charge < -0.3 is 10.6 Å². The summed E-state index contributed by atoms with van der Waals surface area (Å²) in [5.41, 5.74) is 7.91. The van der Waals surface area contributed by atoms with Crippen LogP contribution in [0.2, 0.25) is 0 Å². The second-order valence-corrected chi connectivity index (χ2v) is 6.30. The molecule has 2 N–H and O–H groups in total. The van der Waals surface area contributed by atoms with Crippen molar-refractivity contribution in [3.05, 3.63) is 42.1 Å². The number of aromatic nitrogens is 1. The van der Waals surface area contributed by atoms with E-state index in [1.54, 1.807) is 0 Å². The maximum Gasteiger partial charge on any atom is 0.223 e. The Kier molecular flexibility index (Phi) is 5.23.